The van der Waals surface area contributed by atoms with Gasteiger partial charge in [-0.05, 0) is 54.4 Å². The summed E-state index contributed by atoms with van der Waals surface area (Å²) in [5, 5.41) is 0. The van der Waals surface area contributed by atoms with Gasteiger partial charge in [-0.1, -0.05) is 0 Å². The molecule has 1 rings (SSSR count). The summed E-state index contributed by atoms with van der Waals surface area (Å²) in [6, 6.07) is 0.890. The molecule has 0 radical (unpaired) electrons. The Morgan fingerprint density at radius 3 is 1.94 bits per heavy atom. The lowest BCUT2D eigenvalue weighted by Crippen LogP contribution is -2.54. The van der Waals surface area contributed by atoms with Gasteiger partial charge in [-0.15, -0.1) is 0 Å². The molecule has 0 aromatic heterocycles. The van der Waals surface area contributed by atoms with Crippen molar-refractivity contribution >= 4 is 8.80 Å². The highest BCUT2D eigenvalue weighted by atomic mass is 28.4. The van der Waals surface area contributed by atoms with E-state index in [4.69, 9.17) is 18.0 Å². The largest absolute Gasteiger partial charge is 0.503 e. The predicted octanol–water partition coefficient (Wildman–Crippen LogP) is 3.34. The number of rotatable bonds is 6. The maximum atomic E-state index is 6.08. The van der Waals surface area contributed by atoms with Crippen molar-refractivity contribution in [1.82, 2.24) is 0 Å². The van der Waals surface area contributed by atoms with Crippen molar-refractivity contribution < 1.29 is 18.0 Å². The molecule has 0 amide bonds. The van der Waals surface area contributed by atoms with E-state index in [1.165, 1.54) is 0 Å². The third kappa shape index (κ3) is 5.36. The van der Waals surface area contributed by atoms with Crippen LogP contribution in [0.25, 0.3) is 0 Å². The van der Waals surface area contributed by atoms with Crippen LogP contribution in [-0.2, 0) is 18.0 Å². The van der Waals surface area contributed by atoms with E-state index in [1.807, 2.05) is 41.5 Å². The molecule has 1 aliphatic rings. The maximum absolute atomic E-state index is 6.08. The molecule has 1 fully saturated rings. The Hall–Kier alpha value is 0.0569. The van der Waals surface area contributed by atoms with E-state index in [9.17, 15) is 0 Å². The van der Waals surface area contributed by atoms with Crippen molar-refractivity contribution in [2.75, 3.05) is 0 Å². The first-order valence-electron chi connectivity index (χ1n) is 7.02. The third-order valence-electron chi connectivity index (χ3n) is 2.49. The molecule has 0 bridgehead atoms. The fraction of sp³-hybridized carbons (Fsp3) is 1.00. The van der Waals surface area contributed by atoms with E-state index >= 15 is 0 Å². The molecule has 0 aromatic carbocycles. The normalized spacial score (nSPS) is 24.2. The Balaban J connectivity index is 2.69. The van der Waals surface area contributed by atoms with Crippen LogP contribution in [0.5, 0.6) is 0 Å². The lowest BCUT2D eigenvalue weighted by atomic mass is 10.3. The van der Waals surface area contributed by atoms with E-state index in [1.54, 1.807) is 0 Å². The SMILES string of the molecule is CC(C)OC1CCC[Si](OC(C)C)(OC(C)C)O1. The highest BCUT2D eigenvalue weighted by Gasteiger charge is 2.48. The Morgan fingerprint density at radius 2 is 1.50 bits per heavy atom. The smallest absolute Gasteiger partial charge is 0.371 e. The first-order chi connectivity index (χ1) is 8.33. The Bertz CT molecular complexity index is 233. The summed E-state index contributed by atoms with van der Waals surface area (Å²) in [6.45, 7) is 12.1. The van der Waals surface area contributed by atoms with E-state index in [2.05, 4.69) is 0 Å². The fourth-order valence-corrected chi connectivity index (χ4v) is 5.29. The van der Waals surface area contributed by atoms with Gasteiger partial charge >= 0.3 is 8.80 Å². The zero-order valence-corrected chi connectivity index (χ0v) is 13.6. The second-order valence-corrected chi connectivity index (χ2v) is 8.21. The Kier molecular flexibility index (Phi) is 6.27. The summed E-state index contributed by atoms with van der Waals surface area (Å²) >= 11 is 0. The first-order valence-corrected chi connectivity index (χ1v) is 8.95. The van der Waals surface area contributed by atoms with E-state index < -0.39 is 8.80 Å². The van der Waals surface area contributed by atoms with Crippen LogP contribution in [0.15, 0.2) is 0 Å². The van der Waals surface area contributed by atoms with Gasteiger partial charge in [0.15, 0.2) is 6.29 Å². The molecule has 0 aliphatic carbocycles. The monoisotopic (exact) mass is 276 g/mol. The van der Waals surface area contributed by atoms with Crippen molar-refractivity contribution in [3.8, 4) is 0 Å². The van der Waals surface area contributed by atoms with Gasteiger partial charge in [-0.3, -0.25) is 0 Å². The van der Waals surface area contributed by atoms with Gasteiger partial charge in [0.05, 0.1) is 6.10 Å². The lowest BCUT2D eigenvalue weighted by molar-refractivity contribution is -0.159. The summed E-state index contributed by atoms with van der Waals surface area (Å²) in [7, 11) is -2.56. The van der Waals surface area contributed by atoms with Crippen LogP contribution >= 0.6 is 0 Å². The summed E-state index contributed by atoms with van der Waals surface area (Å²) in [5.41, 5.74) is 0. The van der Waals surface area contributed by atoms with Gasteiger partial charge in [0.2, 0.25) is 0 Å². The molecule has 0 spiro atoms. The first kappa shape index (κ1) is 16.1. The lowest BCUT2D eigenvalue weighted by Gasteiger charge is -2.39. The van der Waals surface area contributed by atoms with Gasteiger partial charge < -0.3 is 18.0 Å². The molecule has 5 heteroatoms. The molecule has 4 nitrogen and oxygen atoms in total. The van der Waals surface area contributed by atoms with E-state index in [0.29, 0.717) is 0 Å². The topological polar surface area (TPSA) is 36.9 Å². The Labute approximate surface area is 112 Å². The highest BCUT2D eigenvalue weighted by molar-refractivity contribution is 6.61. The van der Waals surface area contributed by atoms with Gasteiger partial charge in [0.1, 0.15) is 0 Å². The molecule has 1 saturated heterocycles. The molecule has 0 saturated carbocycles. The van der Waals surface area contributed by atoms with Crippen LogP contribution in [0.4, 0.5) is 0 Å². The molecular formula is C13H28O4Si. The van der Waals surface area contributed by atoms with Crippen molar-refractivity contribution in [3.63, 3.8) is 0 Å². The van der Waals surface area contributed by atoms with Crippen LogP contribution < -0.4 is 0 Å². The summed E-state index contributed by atoms with van der Waals surface area (Å²) < 4.78 is 23.9. The molecule has 1 atom stereocenters. The molecule has 108 valence electrons. The van der Waals surface area contributed by atoms with Crippen molar-refractivity contribution in [2.24, 2.45) is 0 Å². The van der Waals surface area contributed by atoms with Crippen molar-refractivity contribution in [2.45, 2.75) is 85.0 Å². The van der Waals surface area contributed by atoms with Crippen LogP contribution in [0.3, 0.4) is 0 Å². The molecular weight excluding hydrogens is 248 g/mol. The third-order valence-corrected chi connectivity index (χ3v) is 5.74. The van der Waals surface area contributed by atoms with Crippen LogP contribution in [0, 0.1) is 0 Å². The molecule has 1 unspecified atom stereocenters. The standard InChI is InChI=1S/C13H28O4Si/c1-10(2)14-13-8-7-9-18(17-13,15-11(3)4)16-12(5)6/h10-13H,7-9H2,1-6H3. The van der Waals surface area contributed by atoms with Crippen molar-refractivity contribution in [1.29, 1.82) is 0 Å². The molecule has 0 aromatic rings. The van der Waals surface area contributed by atoms with Gasteiger partial charge in [0, 0.05) is 18.3 Å². The van der Waals surface area contributed by atoms with E-state index in [-0.39, 0.29) is 24.6 Å². The number of ether oxygens (including phenoxy) is 1. The highest BCUT2D eigenvalue weighted by Crippen LogP contribution is 2.31. The van der Waals surface area contributed by atoms with Gasteiger partial charge in [-0.2, -0.15) is 0 Å². The van der Waals surface area contributed by atoms with E-state index in [0.717, 1.165) is 18.9 Å². The van der Waals surface area contributed by atoms with Crippen LogP contribution in [0.1, 0.15) is 54.4 Å². The number of hydrogen-bond acceptors (Lipinski definition) is 4. The maximum Gasteiger partial charge on any atom is 0.503 e. The molecule has 0 N–H and O–H groups in total. The second-order valence-electron chi connectivity index (χ2n) is 5.64. The average Bonchev–Trinajstić information content (AvgIpc) is 2.12. The van der Waals surface area contributed by atoms with Crippen molar-refractivity contribution in [3.05, 3.63) is 0 Å². The fourth-order valence-electron chi connectivity index (χ4n) is 2.12. The van der Waals surface area contributed by atoms with Gasteiger partial charge in [0.25, 0.3) is 0 Å². The zero-order chi connectivity index (χ0) is 13.8. The minimum atomic E-state index is -2.56. The number of hydrogen-bond donors (Lipinski definition) is 0. The summed E-state index contributed by atoms with van der Waals surface area (Å²) in [5.74, 6) is 0. The summed E-state index contributed by atoms with van der Waals surface area (Å²) in [6.07, 6.45) is 2.20. The second kappa shape index (κ2) is 7.00. The zero-order valence-electron chi connectivity index (χ0n) is 12.6. The summed E-state index contributed by atoms with van der Waals surface area (Å²) in [4.78, 5) is 0. The molecule has 18 heavy (non-hydrogen) atoms. The Morgan fingerprint density at radius 1 is 0.944 bits per heavy atom. The minimum Gasteiger partial charge on any atom is -0.371 e. The molecule has 1 aliphatic heterocycles. The average molecular weight is 276 g/mol. The predicted molar refractivity (Wildman–Crippen MR) is 73.3 cm³/mol. The molecule has 1 heterocycles. The minimum absolute atomic E-state index is 0.119. The van der Waals surface area contributed by atoms with Gasteiger partial charge in [-0.25, -0.2) is 0 Å². The van der Waals surface area contributed by atoms with Crippen LogP contribution in [-0.4, -0.2) is 33.4 Å². The van der Waals surface area contributed by atoms with Crippen LogP contribution in [0.2, 0.25) is 6.04 Å². The quantitative estimate of drug-likeness (QED) is 0.697.